The second kappa shape index (κ2) is 8.80. The summed E-state index contributed by atoms with van der Waals surface area (Å²) in [7, 11) is 1.56. The topological polar surface area (TPSA) is 79.5 Å². The van der Waals surface area contributed by atoms with Gasteiger partial charge in [-0.15, -0.1) is 0 Å². The molecule has 0 bridgehead atoms. The Morgan fingerprint density at radius 2 is 1.69 bits per heavy atom. The van der Waals surface area contributed by atoms with Crippen LogP contribution >= 0.6 is 0 Å². The van der Waals surface area contributed by atoms with Gasteiger partial charge in [-0.25, -0.2) is 8.78 Å². The molecule has 6 nitrogen and oxygen atoms in total. The van der Waals surface area contributed by atoms with E-state index in [1.807, 2.05) is 12.1 Å². The largest absolute Gasteiger partial charge is 0.497 e. The Labute approximate surface area is 149 Å². The van der Waals surface area contributed by atoms with Crippen LogP contribution in [0.1, 0.15) is 12.5 Å². The summed E-state index contributed by atoms with van der Waals surface area (Å²) in [6, 6.07) is 8.91. The summed E-state index contributed by atoms with van der Waals surface area (Å²) >= 11 is 0. The molecule has 0 aliphatic carbocycles. The molecule has 2 amide bonds. The van der Waals surface area contributed by atoms with Crippen LogP contribution in [0.4, 0.5) is 20.2 Å². The predicted octanol–water partition coefficient (Wildman–Crippen LogP) is 2.66. The number of carbonyl (C=O) groups excluding carboxylic acids is 2. The molecule has 0 saturated heterocycles. The molecule has 8 heteroatoms. The molecule has 0 aromatic heterocycles. The van der Waals surface area contributed by atoms with E-state index in [1.54, 1.807) is 19.2 Å². The summed E-state index contributed by atoms with van der Waals surface area (Å²) in [4.78, 5) is 22.9. The number of nitrogens with one attached hydrogen (secondary N) is 3. The van der Waals surface area contributed by atoms with Gasteiger partial charge in [-0.05, 0) is 23.8 Å². The molecular formula is C18H19F2N3O3. The van der Waals surface area contributed by atoms with Crippen LogP contribution in [0.5, 0.6) is 5.75 Å². The van der Waals surface area contributed by atoms with Crippen molar-refractivity contribution in [2.24, 2.45) is 0 Å². The first-order chi connectivity index (χ1) is 12.4. The number of hydrogen-bond donors (Lipinski definition) is 3. The van der Waals surface area contributed by atoms with Crippen LogP contribution in [-0.4, -0.2) is 25.5 Å². The van der Waals surface area contributed by atoms with Crippen molar-refractivity contribution in [3.05, 3.63) is 53.6 Å². The van der Waals surface area contributed by atoms with Crippen LogP contribution in [0.25, 0.3) is 0 Å². The summed E-state index contributed by atoms with van der Waals surface area (Å²) in [5.41, 5.74) is 0.620. The number of amides is 2. The lowest BCUT2D eigenvalue weighted by Gasteiger charge is -2.11. The second-order valence-corrected chi connectivity index (χ2v) is 5.47. The highest BCUT2D eigenvalue weighted by Crippen LogP contribution is 2.23. The number of anilines is 2. The van der Waals surface area contributed by atoms with Crippen LogP contribution < -0.4 is 20.7 Å². The summed E-state index contributed by atoms with van der Waals surface area (Å²) in [6.07, 6.45) is 0. The maximum Gasteiger partial charge on any atom is 0.239 e. The Bertz CT molecular complexity index is 795. The Morgan fingerprint density at radius 1 is 1.04 bits per heavy atom. The van der Waals surface area contributed by atoms with E-state index in [1.165, 1.54) is 6.92 Å². The van der Waals surface area contributed by atoms with Crippen molar-refractivity contribution in [3.8, 4) is 5.75 Å². The van der Waals surface area contributed by atoms with Gasteiger partial charge in [-0.3, -0.25) is 9.59 Å². The Hall–Kier alpha value is -3.16. The van der Waals surface area contributed by atoms with Gasteiger partial charge in [0.25, 0.3) is 0 Å². The van der Waals surface area contributed by atoms with E-state index in [4.69, 9.17) is 4.74 Å². The SMILES string of the molecule is COc1ccc(CNC(=O)CNc2cc(NC(C)=O)c(F)cc2F)cc1. The first kappa shape index (κ1) is 19.2. The van der Waals surface area contributed by atoms with Gasteiger partial charge in [0.2, 0.25) is 11.8 Å². The van der Waals surface area contributed by atoms with Gasteiger partial charge in [0, 0.05) is 19.5 Å². The first-order valence-corrected chi connectivity index (χ1v) is 7.79. The molecule has 2 rings (SSSR count). The van der Waals surface area contributed by atoms with Crippen LogP contribution in [-0.2, 0) is 16.1 Å². The van der Waals surface area contributed by atoms with Gasteiger partial charge in [0.1, 0.15) is 17.4 Å². The number of ether oxygens (including phenoxy) is 1. The molecule has 0 aliphatic heterocycles. The highest BCUT2D eigenvalue weighted by Gasteiger charge is 2.12. The molecule has 0 fully saturated rings. The van der Waals surface area contributed by atoms with Gasteiger partial charge >= 0.3 is 0 Å². The number of hydrogen-bond acceptors (Lipinski definition) is 4. The van der Waals surface area contributed by atoms with Gasteiger partial charge in [-0.1, -0.05) is 12.1 Å². The highest BCUT2D eigenvalue weighted by atomic mass is 19.1. The maximum atomic E-state index is 13.8. The third-order valence-corrected chi connectivity index (χ3v) is 3.46. The standard InChI is InChI=1S/C18H19F2N3O3/c1-11(24)23-17-8-16(14(19)7-15(17)20)21-10-18(25)22-9-12-3-5-13(26-2)6-4-12/h3-8,21H,9-10H2,1-2H3,(H,22,25)(H,23,24). The molecule has 0 atom stereocenters. The molecular weight excluding hydrogens is 344 g/mol. The Balaban J connectivity index is 1.90. The normalized spacial score (nSPS) is 10.2. The van der Waals surface area contributed by atoms with Crippen LogP contribution in [0, 0.1) is 11.6 Å². The molecule has 0 radical (unpaired) electrons. The van der Waals surface area contributed by atoms with Crippen molar-refractivity contribution in [1.82, 2.24) is 5.32 Å². The van der Waals surface area contributed by atoms with Gasteiger partial charge in [0.15, 0.2) is 0 Å². The lowest BCUT2D eigenvalue weighted by atomic mass is 10.2. The molecule has 2 aromatic rings. The monoisotopic (exact) mass is 363 g/mol. The molecule has 0 aliphatic rings. The van der Waals surface area contributed by atoms with E-state index >= 15 is 0 Å². The van der Waals surface area contributed by atoms with Crippen LogP contribution in [0.3, 0.4) is 0 Å². The van der Waals surface area contributed by atoms with E-state index in [-0.39, 0.29) is 23.8 Å². The minimum atomic E-state index is -0.896. The smallest absolute Gasteiger partial charge is 0.239 e. The summed E-state index contributed by atoms with van der Waals surface area (Å²) in [5.74, 6) is -1.90. The quantitative estimate of drug-likeness (QED) is 0.707. The summed E-state index contributed by atoms with van der Waals surface area (Å²) in [5, 5.41) is 7.51. The lowest BCUT2D eigenvalue weighted by molar-refractivity contribution is -0.119. The number of carbonyl (C=O) groups is 2. The Kier molecular flexibility index (Phi) is 6.48. The number of benzene rings is 2. The average Bonchev–Trinajstić information content (AvgIpc) is 2.61. The van der Waals surface area contributed by atoms with Crippen molar-refractivity contribution >= 4 is 23.2 Å². The summed E-state index contributed by atoms with van der Waals surface area (Å²) in [6.45, 7) is 1.30. The molecule has 0 spiro atoms. The van der Waals surface area contributed by atoms with E-state index in [9.17, 15) is 18.4 Å². The van der Waals surface area contributed by atoms with Crippen molar-refractivity contribution in [2.45, 2.75) is 13.5 Å². The third kappa shape index (κ3) is 5.44. The maximum absolute atomic E-state index is 13.8. The molecule has 138 valence electrons. The molecule has 2 aromatic carbocycles. The Morgan fingerprint density at radius 3 is 2.31 bits per heavy atom. The minimum absolute atomic E-state index is 0.0882. The summed E-state index contributed by atoms with van der Waals surface area (Å²) < 4.78 is 32.4. The minimum Gasteiger partial charge on any atom is -0.497 e. The molecule has 0 unspecified atom stereocenters. The fraction of sp³-hybridized carbons (Fsp3) is 0.222. The molecule has 26 heavy (non-hydrogen) atoms. The van der Waals surface area contributed by atoms with Crippen LogP contribution in [0.2, 0.25) is 0 Å². The van der Waals surface area contributed by atoms with Crippen LogP contribution in [0.15, 0.2) is 36.4 Å². The zero-order valence-corrected chi connectivity index (χ0v) is 14.4. The predicted molar refractivity (Wildman–Crippen MR) is 94.0 cm³/mol. The van der Waals surface area contributed by atoms with E-state index in [2.05, 4.69) is 16.0 Å². The molecule has 0 heterocycles. The zero-order valence-electron chi connectivity index (χ0n) is 14.4. The second-order valence-electron chi connectivity index (χ2n) is 5.47. The van der Waals surface area contributed by atoms with Crippen molar-refractivity contribution in [3.63, 3.8) is 0 Å². The van der Waals surface area contributed by atoms with Gasteiger partial charge < -0.3 is 20.7 Å². The molecule has 3 N–H and O–H groups in total. The lowest BCUT2D eigenvalue weighted by Crippen LogP contribution is -2.29. The third-order valence-electron chi connectivity index (χ3n) is 3.46. The van der Waals surface area contributed by atoms with Crippen molar-refractivity contribution < 1.29 is 23.1 Å². The van der Waals surface area contributed by atoms with E-state index in [0.29, 0.717) is 18.4 Å². The van der Waals surface area contributed by atoms with Crippen molar-refractivity contribution in [1.29, 1.82) is 0 Å². The van der Waals surface area contributed by atoms with Gasteiger partial charge in [0.05, 0.1) is 25.0 Å². The number of methoxy groups -OCH3 is 1. The van der Waals surface area contributed by atoms with E-state index in [0.717, 1.165) is 11.6 Å². The first-order valence-electron chi connectivity index (χ1n) is 7.79. The molecule has 0 saturated carbocycles. The fourth-order valence-corrected chi connectivity index (χ4v) is 2.15. The number of rotatable bonds is 7. The van der Waals surface area contributed by atoms with Gasteiger partial charge in [-0.2, -0.15) is 0 Å². The van der Waals surface area contributed by atoms with E-state index < -0.39 is 17.5 Å². The highest BCUT2D eigenvalue weighted by molar-refractivity contribution is 5.89. The van der Waals surface area contributed by atoms with Crippen molar-refractivity contribution in [2.75, 3.05) is 24.3 Å². The number of halogens is 2. The zero-order chi connectivity index (χ0) is 19.1. The average molecular weight is 363 g/mol. The fourth-order valence-electron chi connectivity index (χ4n) is 2.15.